The number of ether oxygens (including phenoxy) is 2. The molecule has 0 aliphatic heterocycles. The average Bonchev–Trinajstić information content (AvgIpc) is 3.34. The molecule has 9 heteroatoms. The van der Waals surface area contributed by atoms with Crippen LogP contribution in [0.25, 0.3) is 0 Å². The number of hydrogen-bond donors (Lipinski definition) is 3. The van der Waals surface area contributed by atoms with Crippen molar-refractivity contribution in [2.45, 2.75) is 13.8 Å². The number of rotatable bonds is 8. The molecule has 172 valence electrons. The smallest absolute Gasteiger partial charge is 0.265 e. The Bertz CT molecular complexity index is 1110. The molecule has 0 radical (unpaired) electrons. The van der Waals surface area contributed by atoms with Crippen LogP contribution >= 0.6 is 23.6 Å². The van der Waals surface area contributed by atoms with Crippen LogP contribution in [0, 0.1) is 5.92 Å². The van der Waals surface area contributed by atoms with Gasteiger partial charge in [0.2, 0.25) is 0 Å². The van der Waals surface area contributed by atoms with Crippen LogP contribution in [-0.2, 0) is 0 Å². The maximum Gasteiger partial charge on any atom is 0.265 e. The third-order valence-electron chi connectivity index (χ3n) is 4.38. The Balaban J connectivity index is 1.58. The quantitative estimate of drug-likeness (QED) is 0.383. The molecule has 0 aliphatic rings. The Morgan fingerprint density at radius 3 is 2.42 bits per heavy atom. The van der Waals surface area contributed by atoms with Crippen LogP contribution < -0.4 is 25.4 Å². The van der Waals surface area contributed by atoms with Crippen LogP contribution in [0.5, 0.6) is 11.5 Å². The zero-order valence-corrected chi connectivity index (χ0v) is 20.1. The maximum atomic E-state index is 12.5. The first-order valence-corrected chi connectivity index (χ1v) is 11.5. The maximum absolute atomic E-state index is 12.5. The topological polar surface area (TPSA) is 88.7 Å². The van der Waals surface area contributed by atoms with Crippen LogP contribution in [0.1, 0.15) is 33.9 Å². The van der Waals surface area contributed by atoms with Crippen LogP contribution in [0.3, 0.4) is 0 Å². The Hall–Kier alpha value is -3.43. The van der Waals surface area contributed by atoms with Gasteiger partial charge in [-0.15, -0.1) is 11.3 Å². The van der Waals surface area contributed by atoms with Crippen molar-refractivity contribution in [2.24, 2.45) is 5.92 Å². The fourth-order valence-electron chi connectivity index (χ4n) is 2.77. The van der Waals surface area contributed by atoms with Gasteiger partial charge in [-0.1, -0.05) is 19.9 Å². The first-order chi connectivity index (χ1) is 15.9. The van der Waals surface area contributed by atoms with E-state index in [1.54, 1.807) is 48.5 Å². The number of amides is 2. The zero-order valence-electron chi connectivity index (χ0n) is 18.5. The number of hydrogen-bond acceptors (Lipinski definition) is 6. The van der Waals surface area contributed by atoms with Crippen LogP contribution in [-0.4, -0.2) is 30.6 Å². The molecule has 0 atom stereocenters. The van der Waals surface area contributed by atoms with Crippen LogP contribution in [0.15, 0.2) is 60.0 Å². The lowest BCUT2D eigenvalue weighted by Crippen LogP contribution is -2.34. The van der Waals surface area contributed by atoms with Crippen molar-refractivity contribution in [3.05, 3.63) is 70.4 Å². The highest BCUT2D eigenvalue weighted by atomic mass is 32.1. The molecule has 1 aromatic heterocycles. The molecule has 0 spiro atoms. The Kier molecular flexibility index (Phi) is 8.39. The summed E-state index contributed by atoms with van der Waals surface area (Å²) in [6, 6.07) is 15.5. The zero-order chi connectivity index (χ0) is 23.8. The summed E-state index contributed by atoms with van der Waals surface area (Å²) < 4.78 is 11.0. The first kappa shape index (κ1) is 24.2. The Morgan fingerprint density at radius 2 is 1.79 bits per heavy atom. The molecule has 2 aromatic carbocycles. The lowest BCUT2D eigenvalue weighted by Gasteiger charge is -2.14. The normalized spacial score (nSPS) is 10.4. The molecular weight excluding hydrogens is 458 g/mol. The van der Waals surface area contributed by atoms with Crippen LogP contribution in [0.2, 0.25) is 0 Å². The molecule has 0 bridgehead atoms. The van der Waals surface area contributed by atoms with Gasteiger partial charge in [0.15, 0.2) is 5.11 Å². The van der Waals surface area contributed by atoms with Gasteiger partial charge >= 0.3 is 0 Å². The molecule has 0 saturated heterocycles. The summed E-state index contributed by atoms with van der Waals surface area (Å²) in [5, 5.41) is 10.4. The Labute approximate surface area is 202 Å². The largest absolute Gasteiger partial charge is 0.494 e. The second-order valence-electron chi connectivity index (χ2n) is 7.48. The number of methoxy groups -OCH3 is 1. The van der Waals surface area contributed by atoms with E-state index in [2.05, 4.69) is 29.8 Å². The monoisotopic (exact) mass is 483 g/mol. The lowest BCUT2D eigenvalue weighted by atomic mass is 10.2. The number of carbonyl (C=O) groups is 2. The molecule has 7 nitrogen and oxygen atoms in total. The highest BCUT2D eigenvalue weighted by Gasteiger charge is 2.13. The third kappa shape index (κ3) is 7.03. The van der Waals surface area contributed by atoms with E-state index in [0.717, 1.165) is 0 Å². The molecule has 0 fully saturated rings. The molecule has 3 N–H and O–H groups in total. The molecule has 3 rings (SSSR count). The molecular formula is C24H25N3O4S2. The SMILES string of the molecule is COc1cc(NC(=S)NC(=O)c2ccc(OCC(C)C)cc2)ccc1NC(=O)c1cccs1. The van der Waals surface area contributed by atoms with Gasteiger partial charge in [-0.25, -0.2) is 0 Å². The van der Waals surface area contributed by atoms with Crippen molar-refractivity contribution in [3.63, 3.8) is 0 Å². The van der Waals surface area contributed by atoms with Crippen molar-refractivity contribution in [1.82, 2.24) is 5.32 Å². The average molecular weight is 484 g/mol. The van der Waals surface area contributed by atoms with Gasteiger partial charge in [0.05, 0.1) is 24.3 Å². The molecule has 3 aromatic rings. The van der Waals surface area contributed by atoms with Gasteiger partial charge in [-0.2, -0.15) is 0 Å². The number of nitrogens with one attached hydrogen (secondary N) is 3. The lowest BCUT2D eigenvalue weighted by molar-refractivity contribution is 0.0976. The first-order valence-electron chi connectivity index (χ1n) is 10.2. The minimum Gasteiger partial charge on any atom is -0.494 e. The van der Waals surface area contributed by atoms with E-state index in [4.69, 9.17) is 21.7 Å². The van der Waals surface area contributed by atoms with E-state index in [-0.39, 0.29) is 16.9 Å². The van der Waals surface area contributed by atoms with Gasteiger partial charge in [0.25, 0.3) is 11.8 Å². The summed E-state index contributed by atoms with van der Waals surface area (Å²) in [5.74, 6) is 1.03. The van der Waals surface area contributed by atoms with E-state index in [1.165, 1.54) is 18.4 Å². The van der Waals surface area contributed by atoms with Crippen LogP contribution in [0.4, 0.5) is 11.4 Å². The summed E-state index contributed by atoms with van der Waals surface area (Å²) in [6.07, 6.45) is 0. The van der Waals surface area contributed by atoms with Gasteiger partial charge in [-0.05, 0) is 66.0 Å². The number of thiophene rings is 1. The van der Waals surface area contributed by atoms with Gasteiger partial charge in [-0.3, -0.25) is 14.9 Å². The predicted octanol–water partition coefficient (Wildman–Crippen LogP) is 5.17. The fraction of sp³-hybridized carbons (Fsp3) is 0.208. The fourth-order valence-corrected chi connectivity index (χ4v) is 3.60. The summed E-state index contributed by atoms with van der Waals surface area (Å²) >= 11 is 6.62. The number of carbonyl (C=O) groups excluding carboxylic acids is 2. The number of thiocarbonyl (C=S) groups is 1. The molecule has 2 amide bonds. The van der Waals surface area contributed by atoms with Gasteiger partial charge < -0.3 is 20.1 Å². The second kappa shape index (κ2) is 11.4. The molecule has 1 heterocycles. The predicted molar refractivity (Wildman–Crippen MR) is 136 cm³/mol. The standard InChI is InChI=1S/C24H25N3O4S2/c1-15(2)14-31-18-9-6-16(7-10-18)22(28)27-24(32)25-17-8-11-19(20(13-17)30-3)26-23(29)21-5-4-12-33-21/h4-13,15H,14H2,1-3H3,(H,26,29)(H2,25,27,28,32). The van der Waals surface area contributed by atoms with E-state index in [1.807, 2.05) is 11.4 Å². The molecule has 0 unspecified atom stereocenters. The minimum atomic E-state index is -0.338. The van der Waals surface area contributed by atoms with Gasteiger partial charge in [0, 0.05) is 17.3 Å². The molecule has 0 saturated carbocycles. The molecule has 0 aliphatic carbocycles. The van der Waals surface area contributed by atoms with E-state index < -0.39 is 0 Å². The second-order valence-corrected chi connectivity index (χ2v) is 8.84. The number of anilines is 2. The Morgan fingerprint density at radius 1 is 1.03 bits per heavy atom. The summed E-state index contributed by atoms with van der Waals surface area (Å²) in [6.45, 7) is 4.75. The minimum absolute atomic E-state index is 0.137. The van der Waals surface area contributed by atoms with Gasteiger partial charge in [0.1, 0.15) is 11.5 Å². The number of benzene rings is 2. The van der Waals surface area contributed by atoms with Crippen molar-refractivity contribution in [3.8, 4) is 11.5 Å². The van der Waals surface area contributed by atoms with E-state index in [9.17, 15) is 9.59 Å². The van der Waals surface area contributed by atoms with Crippen molar-refractivity contribution in [2.75, 3.05) is 24.4 Å². The summed E-state index contributed by atoms with van der Waals surface area (Å²) in [5.41, 5.74) is 1.58. The van der Waals surface area contributed by atoms with Crippen molar-refractivity contribution in [1.29, 1.82) is 0 Å². The van der Waals surface area contributed by atoms with Crippen molar-refractivity contribution >= 4 is 51.9 Å². The highest BCUT2D eigenvalue weighted by Crippen LogP contribution is 2.29. The summed E-state index contributed by atoms with van der Waals surface area (Å²) in [4.78, 5) is 25.4. The summed E-state index contributed by atoms with van der Waals surface area (Å²) in [7, 11) is 1.51. The van der Waals surface area contributed by atoms with Crippen molar-refractivity contribution < 1.29 is 19.1 Å². The van der Waals surface area contributed by atoms with E-state index in [0.29, 0.717) is 45.8 Å². The third-order valence-corrected chi connectivity index (χ3v) is 5.45. The molecule has 33 heavy (non-hydrogen) atoms. The highest BCUT2D eigenvalue weighted by molar-refractivity contribution is 7.80. The van der Waals surface area contributed by atoms with E-state index >= 15 is 0 Å².